The second-order valence-electron chi connectivity index (χ2n) is 4.24. The molecule has 2 aromatic carbocycles. The maximum atomic E-state index is 8.92. The van der Waals surface area contributed by atoms with Crippen molar-refractivity contribution in [3.63, 3.8) is 0 Å². The van der Waals surface area contributed by atoms with Crippen molar-refractivity contribution in [3.05, 3.63) is 64.1 Å². The molecule has 0 saturated carbocycles. The van der Waals surface area contributed by atoms with E-state index in [-0.39, 0.29) is 6.04 Å². The van der Waals surface area contributed by atoms with E-state index in [4.69, 9.17) is 11.0 Å². The number of nitriles is 1. The van der Waals surface area contributed by atoms with Crippen LogP contribution < -0.4 is 11.1 Å². The van der Waals surface area contributed by atoms with Gasteiger partial charge >= 0.3 is 0 Å². The summed E-state index contributed by atoms with van der Waals surface area (Å²) in [5, 5.41) is 12.2. The fourth-order valence-electron chi connectivity index (χ4n) is 1.80. The van der Waals surface area contributed by atoms with Crippen molar-refractivity contribution < 1.29 is 0 Å². The molecule has 0 radical (unpaired) electrons. The molecule has 0 fully saturated rings. The van der Waals surface area contributed by atoms with Gasteiger partial charge in [-0.15, -0.1) is 0 Å². The van der Waals surface area contributed by atoms with Crippen LogP contribution >= 0.6 is 15.9 Å². The number of rotatable bonds is 4. The molecule has 19 heavy (non-hydrogen) atoms. The first-order chi connectivity index (χ1) is 9.19. The van der Waals surface area contributed by atoms with E-state index in [1.165, 1.54) is 0 Å². The van der Waals surface area contributed by atoms with E-state index in [2.05, 4.69) is 27.3 Å². The summed E-state index contributed by atoms with van der Waals surface area (Å²) < 4.78 is 0.877. The Hall–Kier alpha value is -1.83. The molecule has 0 aliphatic heterocycles. The number of benzene rings is 2. The van der Waals surface area contributed by atoms with Crippen LogP contribution in [0.2, 0.25) is 0 Å². The minimum atomic E-state index is -0.0780. The number of nitrogens with zero attached hydrogens (tertiary/aromatic N) is 1. The van der Waals surface area contributed by atoms with Crippen LogP contribution in [-0.4, -0.2) is 6.54 Å². The second kappa shape index (κ2) is 6.37. The molecule has 3 N–H and O–H groups in total. The molecule has 2 rings (SSSR count). The normalized spacial score (nSPS) is 11.6. The standard InChI is InChI=1S/C15H14BrN3/c16-13-6-11(9-17)7-14(8-13)19-10-15(18)12-4-2-1-3-5-12/h1-8,15,19H,10,18H2. The number of nitrogens with two attached hydrogens (primary N) is 1. The Morgan fingerprint density at radius 3 is 2.63 bits per heavy atom. The topological polar surface area (TPSA) is 61.8 Å². The van der Waals surface area contributed by atoms with Crippen molar-refractivity contribution in [2.75, 3.05) is 11.9 Å². The van der Waals surface area contributed by atoms with Crippen LogP contribution in [0.3, 0.4) is 0 Å². The van der Waals surface area contributed by atoms with E-state index >= 15 is 0 Å². The number of halogens is 1. The van der Waals surface area contributed by atoms with Gasteiger partial charge in [0.1, 0.15) is 0 Å². The van der Waals surface area contributed by atoms with Gasteiger partial charge in [-0.3, -0.25) is 0 Å². The summed E-state index contributed by atoms with van der Waals surface area (Å²) in [5.74, 6) is 0. The fourth-order valence-corrected chi connectivity index (χ4v) is 2.30. The summed E-state index contributed by atoms with van der Waals surface area (Å²) in [6.07, 6.45) is 0. The quantitative estimate of drug-likeness (QED) is 0.908. The van der Waals surface area contributed by atoms with Crippen LogP contribution in [0.5, 0.6) is 0 Å². The van der Waals surface area contributed by atoms with Crippen molar-refractivity contribution >= 4 is 21.6 Å². The fraction of sp³-hybridized carbons (Fsp3) is 0.133. The van der Waals surface area contributed by atoms with Gasteiger partial charge in [0.2, 0.25) is 0 Å². The summed E-state index contributed by atoms with van der Waals surface area (Å²) in [6, 6.07) is 17.5. The molecular formula is C15H14BrN3. The summed E-state index contributed by atoms with van der Waals surface area (Å²) in [5.41, 5.74) is 8.70. The largest absolute Gasteiger partial charge is 0.383 e. The SMILES string of the molecule is N#Cc1cc(Br)cc(NCC(N)c2ccccc2)c1. The van der Waals surface area contributed by atoms with Gasteiger partial charge in [-0.2, -0.15) is 5.26 Å². The van der Waals surface area contributed by atoms with E-state index in [1.807, 2.05) is 42.5 Å². The molecule has 0 aromatic heterocycles. The maximum Gasteiger partial charge on any atom is 0.0992 e. The predicted molar refractivity (Wildman–Crippen MR) is 80.7 cm³/mol. The van der Waals surface area contributed by atoms with Crippen LogP contribution in [0.4, 0.5) is 5.69 Å². The summed E-state index contributed by atoms with van der Waals surface area (Å²) in [4.78, 5) is 0. The Labute approximate surface area is 121 Å². The van der Waals surface area contributed by atoms with Gasteiger partial charge in [-0.1, -0.05) is 46.3 Å². The Kier molecular flexibility index (Phi) is 4.56. The maximum absolute atomic E-state index is 8.92. The van der Waals surface area contributed by atoms with Gasteiger partial charge < -0.3 is 11.1 Å². The molecule has 0 saturated heterocycles. The number of anilines is 1. The zero-order valence-corrected chi connectivity index (χ0v) is 11.9. The monoisotopic (exact) mass is 315 g/mol. The highest BCUT2D eigenvalue weighted by Gasteiger charge is 2.05. The van der Waals surface area contributed by atoms with Crippen molar-refractivity contribution in [1.29, 1.82) is 5.26 Å². The summed E-state index contributed by atoms with van der Waals surface area (Å²) in [6.45, 7) is 0.616. The number of hydrogen-bond acceptors (Lipinski definition) is 3. The molecule has 0 heterocycles. The van der Waals surface area contributed by atoms with E-state index in [0.717, 1.165) is 15.7 Å². The van der Waals surface area contributed by atoms with E-state index in [1.54, 1.807) is 6.07 Å². The zero-order chi connectivity index (χ0) is 13.7. The third-order valence-corrected chi connectivity index (χ3v) is 3.24. The molecule has 0 bridgehead atoms. The van der Waals surface area contributed by atoms with Crippen molar-refractivity contribution in [3.8, 4) is 6.07 Å². The van der Waals surface area contributed by atoms with E-state index in [9.17, 15) is 0 Å². The summed E-state index contributed by atoms with van der Waals surface area (Å²) in [7, 11) is 0. The van der Waals surface area contributed by atoms with Gasteiger partial charge in [0.05, 0.1) is 11.6 Å². The molecule has 96 valence electrons. The first-order valence-corrected chi connectivity index (χ1v) is 6.73. The number of nitrogens with one attached hydrogen (secondary N) is 1. The van der Waals surface area contributed by atoms with Crippen LogP contribution in [-0.2, 0) is 0 Å². The van der Waals surface area contributed by atoms with E-state index < -0.39 is 0 Å². The smallest absolute Gasteiger partial charge is 0.0992 e. The Morgan fingerprint density at radius 1 is 1.21 bits per heavy atom. The lowest BCUT2D eigenvalue weighted by atomic mass is 10.1. The lowest BCUT2D eigenvalue weighted by Crippen LogP contribution is -2.20. The van der Waals surface area contributed by atoms with Crippen LogP contribution in [0.15, 0.2) is 53.0 Å². The minimum Gasteiger partial charge on any atom is -0.383 e. The van der Waals surface area contributed by atoms with Crippen LogP contribution in [0, 0.1) is 11.3 Å². The van der Waals surface area contributed by atoms with E-state index in [0.29, 0.717) is 12.1 Å². The van der Waals surface area contributed by atoms with Gasteiger partial charge in [-0.25, -0.2) is 0 Å². The first kappa shape index (κ1) is 13.6. The van der Waals surface area contributed by atoms with Crippen LogP contribution in [0.1, 0.15) is 17.2 Å². The lowest BCUT2D eigenvalue weighted by molar-refractivity contribution is 0.764. The Balaban J connectivity index is 2.03. The third kappa shape index (κ3) is 3.82. The van der Waals surface area contributed by atoms with Gasteiger partial charge in [0.25, 0.3) is 0 Å². The molecular weight excluding hydrogens is 302 g/mol. The molecule has 4 heteroatoms. The zero-order valence-electron chi connectivity index (χ0n) is 10.3. The lowest BCUT2D eigenvalue weighted by Gasteiger charge is -2.14. The van der Waals surface area contributed by atoms with Crippen LogP contribution in [0.25, 0.3) is 0 Å². The number of hydrogen-bond donors (Lipinski definition) is 2. The molecule has 1 unspecified atom stereocenters. The van der Waals surface area contributed by atoms with Gasteiger partial charge in [-0.05, 0) is 23.8 Å². The molecule has 0 amide bonds. The molecule has 0 spiro atoms. The van der Waals surface area contributed by atoms with Crippen molar-refractivity contribution in [2.45, 2.75) is 6.04 Å². The Bertz CT molecular complexity index is 590. The van der Waals surface area contributed by atoms with Gasteiger partial charge in [0.15, 0.2) is 0 Å². The van der Waals surface area contributed by atoms with Crippen molar-refractivity contribution in [1.82, 2.24) is 0 Å². The predicted octanol–water partition coefficient (Wildman–Crippen LogP) is 3.43. The second-order valence-corrected chi connectivity index (χ2v) is 5.15. The Morgan fingerprint density at radius 2 is 1.95 bits per heavy atom. The molecule has 3 nitrogen and oxygen atoms in total. The average molecular weight is 316 g/mol. The van der Waals surface area contributed by atoms with Crippen molar-refractivity contribution in [2.24, 2.45) is 5.73 Å². The average Bonchev–Trinajstić information content (AvgIpc) is 2.45. The van der Waals surface area contributed by atoms with Gasteiger partial charge in [0, 0.05) is 22.7 Å². The highest BCUT2D eigenvalue weighted by atomic mass is 79.9. The molecule has 2 aromatic rings. The summed E-state index contributed by atoms with van der Waals surface area (Å²) >= 11 is 3.38. The minimum absolute atomic E-state index is 0.0780. The third-order valence-electron chi connectivity index (χ3n) is 2.78. The highest BCUT2D eigenvalue weighted by Crippen LogP contribution is 2.20. The first-order valence-electron chi connectivity index (χ1n) is 5.94. The molecule has 0 aliphatic carbocycles. The molecule has 1 atom stereocenters. The molecule has 0 aliphatic rings. The highest BCUT2D eigenvalue weighted by molar-refractivity contribution is 9.10.